The van der Waals surface area contributed by atoms with Crippen LogP contribution in [0.3, 0.4) is 0 Å². The van der Waals surface area contributed by atoms with Crippen LogP contribution in [-0.2, 0) is 16.1 Å². The van der Waals surface area contributed by atoms with Gasteiger partial charge in [0, 0.05) is 6.54 Å². The van der Waals surface area contributed by atoms with E-state index in [1.54, 1.807) is 24.3 Å². The van der Waals surface area contributed by atoms with E-state index >= 15 is 0 Å². The summed E-state index contributed by atoms with van der Waals surface area (Å²) in [6.07, 6.45) is -2.09. The van der Waals surface area contributed by atoms with Crippen LogP contribution in [0.15, 0.2) is 30.3 Å². The minimum atomic E-state index is -1.37. The van der Waals surface area contributed by atoms with Crippen LogP contribution in [0, 0.1) is 0 Å². The van der Waals surface area contributed by atoms with Crippen LogP contribution in [0.2, 0.25) is 0 Å². The Morgan fingerprint density at radius 1 is 1.35 bits per heavy atom. The van der Waals surface area contributed by atoms with E-state index in [-0.39, 0.29) is 13.2 Å². The molecule has 1 aliphatic rings. The maximum absolute atomic E-state index is 11.9. The first-order chi connectivity index (χ1) is 9.50. The molecule has 1 heterocycles. The molecule has 1 aromatic rings. The molecule has 20 heavy (non-hydrogen) atoms. The maximum atomic E-state index is 11.9. The Bertz CT molecular complexity index is 493. The number of nitrogens with two attached hydrogens (primary N) is 1. The number of carboxylic acid groups (broad SMARTS) is 1. The Hall–Kier alpha value is -2.12. The average Bonchev–Trinajstić information content (AvgIpc) is 2.73. The number of ether oxygens (including phenoxy) is 1. The van der Waals surface area contributed by atoms with Crippen LogP contribution >= 0.6 is 0 Å². The second-order valence-corrected chi connectivity index (χ2v) is 4.63. The van der Waals surface area contributed by atoms with Gasteiger partial charge in [0.05, 0.1) is 6.04 Å². The van der Waals surface area contributed by atoms with Crippen LogP contribution in [0.1, 0.15) is 5.56 Å². The molecule has 7 heteroatoms. The summed E-state index contributed by atoms with van der Waals surface area (Å²) in [6.45, 7) is -0.0143. The highest BCUT2D eigenvalue weighted by molar-refractivity contribution is 5.81. The van der Waals surface area contributed by atoms with E-state index in [1.165, 1.54) is 0 Å². The minimum absolute atomic E-state index is 0.0356. The summed E-state index contributed by atoms with van der Waals surface area (Å²) in [5, 5.41) is 18.7. The van der Waals surface area contributed by atoms with Crippen molar-refractivity contribution >= 4 is 12.1 Å². The van der Waals surface area contributed by atoms with Crippen molar-refractivity contribution < 1.29 is 24.5 Å². The van der Waals surface area contributed by atoms with E-state index in [0.717, 1.165) is 10.5 Å². The van der Waals surface area contributed by atoms with Gasteiger partial charge in [0.1, 0.15) is 12.7 Å². The van der Waals surface area contributed by atoms with E-state index in [9.17, 15) is 14.7 Å². The smallest absolute Gasteiger partial charge is 0.410 e. The standard InChI is InChI=1S/C13H16N2O5/c14-9-6-15(10(11(9)16)12(17)18)13(19)20-7-8-4-2-1-3-5-8/h1-5,9-11,16H,6-7,14H2,(H,17,18)/t9-,10-,11+/m0/s1. The summed E-state index contributed by atoms with van der Waals surface area (Å²) < 4.78 is 5.05. The first kappa shape index (κ1) is 14.3. The predicted molar refractivity (Wildman–Crippen MR) is 68.7 cm³/mol. The molecule has 1 aromatic carbocycles. The maximum Gasteiger partial charge on any atom is 0.410 e. The molecule has 1 saturated heterocycles. The number of aliphatic carboxylic acids is 1. The first-order valence-corrected chi connectivity index (χ1v) is 6.14. The van der Waals surface area contributed by atoms with Gasteiger partial charge >= 0.3 is 12.1 Å². The third-order valence-electron chi connectivity index (χ3n) is 3.20. The zero-order valence-electron chi connectivity index (χ0n) is 10.7. The van der Waals surface area contributed by atoms with Gasteiger partial charge in [0.25, 0.3) is 0 Å². The number of amides is 1. The van der Waals surface area contributed by atoms with Crippen molar-refractivity contribution in [2.45, 2.75) is 24.8 Å². The summed E-state index contributed by atoms with van der Waals surface area (Å²) in [5.41, 5.74) is 6.37. The van der Waals surface area contributed by atoms with Crippen LogP contribution in [-0.4, -0.2) is 51.9 Å². The molecular weight excluding hydrogens is 264 g/mol. The predicted octanol–water partition coefficient (Wildman–Crippen LogP) is -0.220. The number of rotatable bonds is 3. The van der Waals surface area contributed by atoms with Gasteiger partial charge in [-0.1, -0.05) is 30.3 Å². The SMILES string of the molecule is N[C@H]1CN(C(=O)OCc2ccccc2)[C@H](C(=O)O)[C@@H]1O. The van der Waals surface area contributed by atoms with Crippen LogP contribution in [0.25, 0.3) is 0 Å². The summed E-state index contributed by atoms with van der Waals surface area (Å²) in [7, 11) is 0. The molecule has 1 fully saturated rings. The Morgan fingerprint density at radius 2 is 2.00 bits per heavy atom. The van der Waals surface area contributed by atoms with Crippen LogP contribution < -0.4 is 5.73 Å². The Labute approximate surface area is 115 Å². The Kier molecular flexibility index (Phi) is 4.21. The zero-order valence-corrected chi connectivity index (χ0v) is 10.7. The molecule has 0 unspecified atom stereocenters. The molecule has 4 N–H and O–H groups in total. The van der Waals surface area contributed by atoms with E-state index in [1.807, 2.05) is 6.07 Å². The van der Waals surface area contributed by atoms with Gasteiger partial charge < -0.3 is 20.7 Å². The number of likely N-dealkylation sites (tertiary alicyclic amines) is 1. The number of aliphatic hydroxyl groups is 1. The molecule has 0 spiro atoms. The van der Waals surface area contributed by atoms with Gasteiger partial charge in [0.2, 0.25) is 0 Å². The fourth-order valence-electron chi connectivity index (χ4n) is 2.14. The molecule has 1 amide bonds. The molecule has 0 aliphatic carbocycles. The van der Waals surface area contributed by atoms with Crippen molar-refractivity contribution in [1.29, 1.82) is 0 Å². The van der Waals surface area contributed by atoms with Gasteiger partial charge in [-0.15, -0.1) is 0 Å². The first-order valence-electron chi connectivity index (χ1n) is 6.14. The fraction of sp³-hybridized carbons (Fsp3) is 0.385. The summed E-state index contributed by atoms with van der Waals surface area (Å²) >= 11 is 0. The average molecular weight is 280 g/mol. The van der Waals surface area contributed by atoms with Gasteiger partial charge in [0.15, 0.2) is 6.04 Å². The van der Waals surface area contributed by atoms with Crippen molar-refractivity contribution in [3.63, 3.8) is 0 Å². The molecule has 3 atom stereocenters. The molecule has 0 bridgehead atoms. The van der Waals surface area contributed by atoms with Gasteiger partial charge in [-0.3, -0.25) is 4.90 Å². The lowest BCUT2D eigenvalue weighted by atomic mass is 10.1. The number of hydrogen-bond donors (Lipinski definition) is 3. The molecule has 1 aliphatic heterocycles. The van der Waals surface area contributed by atoms with Gasteiger partial charge in [-0.2, -0.15) is 0 Å². The third-order valence-corrected chi connectivity index (χ3v) is 3.20. The fourth-order valence-corrected chi connectivity index (χ4v) is 2.14. The van der Waals surface area contributed by atoms with E-state index in [2.05, 4.69) is 0 Å². The van der Waals surface area contributed by atoms with Crippen molar-refractivity contribution in [2.75, 3.05) is 6.54 Å². The number of aliphatic hydroxyl groups excluding tert-OH is 1. The van der Waals surface area contributed by atoms with Crippen LogP contribution in [0.5, 0.6) is 0 Å². The molecule has 0 saturated carbocycles. The quantitative estimate of drug-likeness (QED) is 0.705. The molecule has 0 aromatic heterocycles. The number of carbonyl (C=O) groups is 2. The summed E-state index contributed by atoms with van der Waals surface area (Å²) in [4.78, 5) is 23.9. The lowest BCUT2D eigenvalue weighted by molar-refractivity contribution is -0.144. The van der Waals surface area contributed by atoms with Gasteiger partial charge in [-0.05, 0) is 5.56 Å². The van der Waals surface area contributed by atoms with E-state index < -0.39 is 30.3 Å². The van der Waals surface area contributed by atoms with E-state index in [0.29, 0.717) is 0 Å². The highest BCUT2D eigenvalue weighted by atomic mass is 16.6. The number of nitrogens with zero attached hydrogens (tertiary/aromatic N) is 1. The second-order valence-electron chi connectivity index (χ2n) is 4.63. The largest absolute Gasteiger partial charge is 0.480 e. The Morgan fingerprint density at radius 3 is 2.60 bits per heavy atom. The highest BCUT2D eigenvalue weighted by Crippen LogP contribution is 2.19. The van der Waals surface area contributed by atoms with Crippen molar-refractivity contribution in [3.8, 4) is 0 Å². The molecule has 2 rings (SSSR count). The number of carboxylic acids is 1. The van der Waals surface area contributed by atoms with E-state index in [4.69, 9.17) is 15.6 Å². The Balaban J connectivity index is 1.99. The minimum Gasteiger partial charge on any atom is -0.480 e. The van der Waals surface area contributed by atoms with Crippen LogP contribution in [0.4, 0.5) is 4.79 Å². The monoisotopic (exact) mass is 280 g/mol. The zero-order chi connectivity index (χ0) is 14.7. The lowest BCUT2D eigenvalue weighted by Gasteiger charge is -2.21. The lowest BCUT2D eigenvalue weighted by Crippen LogP contribution is -2.46. The van der Waals surface area contributed by atoms with Gasteiger partial charge in [-0.25, -0.2) is 9.59 Å². The number of hydrogen-bond acceptors (Lipinski definition) is 5. The third kappa shape index (κ3) is 2.89. The summed E-state index contributed by atoms with van der Waals surface area (Å²) in [6, 6.07) is 6.85. The molecule has 108 valence electrons. The second kappa shape index (κ2) is 5.89. The number of carbonyl (C=O) groups excluding carboxylic acids is 1. The van der Waals surface area contributed by atoms with Crippen molar-refractivity contribution in [3.05, 3.63) is 35.9 Å². The number of benzene rings is 1. The summed E-state index contributed by atoms with van der Waals surface area (Å²) in [5.74, 6) is -1.30. The topological polar surface area (TPSA) is 113 Å². The molecule has 7 nitrogen and oxygen atoms in total. The van der Waals surface area contributed by atoms with Crippen molar-refractivity contribution in [1.82, 2.24) is 4.90 Å². The molecule has 0 radical (unpaired) electrons. The highest BCUT2D eigenvalue weighted by Gasteiger charge is 2.46. The normalized spacial score (nSPS) is 25.5. The molecular formula is C13H16N2O5. The van der Waals surface area contributed by atoms with Crippen molar-refractivity contribution in [2.24, 2.45) is 5.73 Å².